The van der Waals surface area contributed by atoms with E-state index in [1.54, 1.807) is 0 Å². The Morgan fingerprint density at radius 2 is 2.06 bits per heavy atom. The van der Waals surface area contributed by atoms with Gasteiger partial charge in [0.1, 0.15) is 7.85 Å². The zero-order valence-corrected chi connectivity index (χ0v) is 11.6. The highest BCUT2D eigenvalue weighted by atomic mass is 79.9. The van der Waals surface area contributed by atoms with Crippen LogP contribution in [0.2, 0.25) is 0 Å². The maximum atomic E-state index is 11.9. The zero-order valence-electron chi connectivity index (χ0n) is 9.97. The molecule has 2 aromatic rings. The van der Waals surface area contributed by atoms with E-state index < -0.39 is 0 Å². The summed E-state index contributed by atoms with van der Waals surface area (Å²) >= 11 is 3.25. The molecule has 0 aliphatic carbocycles. The van der Waals surface area contributed by atoms with Gasteiger partial charge in [-0.25, -0.2) is 0 Å². The number of nitrogens with one attached hydrogen (secondary N) is 2. The SMILES string of the molecule is [B]c1c[nH]c(=O)c2c(CCCC)c(Br)c(=O)[nH]c12. The maximum Gasteiger partial charge on any atom is 0.263 e. The maximum absolute atomic E-state index is 11.9. The molecule has 4 nitrogen and oxygen atoms in total. The van der Waals surface area contributed by atoms with Crippen molar-refractivity contribution in [1.29, 1.82) is 0 Å². The average molecular weight is 307 g/mol. The molecule has 18 heavy (non-hydrogen) atoms. The second-order valence-corrected chi connectivity index (χ2v) is 4.97. The van der Waals surface area contributed by atoms with Crippen LogP contribution in [0.1, 0.15) is 25.3 Å². The van der Waals surface area contributed by atoms with Gasteiger partial charge in [-0.05, 0) is 40.5 Å². The lowest BCUT2D eigenvalue weighted by Crippen LogP contribution is -2.23. The number of aromatic amines is 2. The third-order valence-electron chi connectivity index (χ3n) is 2.91. The first-order chi connectivity index (χ1) is 8.56. The van der Waals surface area contributed by atoms with Gasteiger partial charge < -0.3 is 9.97 Å². The van der Waals surface area contributed by atoms with Crippen molar-refractivity contribution in [1.82, 2.24) is 9.97 Å². The molecule has 0 amide bonds. The molecule has 2 heterocycles. The predicted octanol–water partition coefficient (Wildman–Crippen LogP) is 1.12. The summed E-state index contributed by atoms with van der Waals surface area (Å²) in [5.74, 6) is 0. The number of aromatic nitrogens is 2. The van der Waals surface area contributed by atoms with Crippen molar-refractivity contribution >= 4 is 40.1 Å². The topological polar surface area (TPSA) is 65.7 Å². The zero-order chi connectivity index (χ0) is 13.3. The average Bonchev–Trinajstić information content (AvgIpc) is 2.35. The fourth-order valence-corrected chi connectivity index (χ4v) is 2.47. The molecule has 0 aromatic carbocycles. The molecule has 0 saturated carbocycles. The summed E-state index contributed by atoms with van der Waals surface area (Å²) in [4.78, 5) is 29.0. The summed E-state index contributed by atoms with van der Waals surface area (Å²) in [6.07, 6.45) is 3.97. The van der Waals surface area contributed by atoms with Gasteiger partial charge in [0.15, 0.2) is 0 Å². The van der Waals surface area contributed by atoms with Crippen LogP contribution < -0.4 is 16.6 Å². The quantitative estimate of drug-likeness (QED) is 0.835. The van der Waals surface area contributed by atoms with Gasteiger partial charge in [-0.1, -0.05) is 18.8 Å². The van der Waals surface area contributed by atoms with Crippen LogP contribution in [-0.4, -0.2) is 17.8 Å². The number of pyridine rings is 2. The lowest BCUT2D eigenvalue weighted by molar-refractivity contribution is 0.794. The summed E-state index contributed by atoms with van der Waals surface area (Å²) < 4.78 is 0.416. The number of H-pyrrole nitrogens is 2. The molecule has 0 spiro atoms. The van der Waals surface area contributed by atoms with Crippen molar-refractivity contribution in [3.05, 3.63) is 36.9 Å². The fraction of sp³-hybridized carbons (Fsp3) is 0.333. The second kappa shape index (κ2) is 5.14. The van der Waals surface area contributed by atoms with Crippen LogP contribution in [0, 0.1) is 0 Å². The molecule has 2 radical (unpaired) electrons. The normalized spacial score (nSPS) is 11.0. The van der Waals surface area contributed by atoms with Crippen LogP contribution in [0.4, 0.5) is 0 Å². The Bertz CT molecular complexity index is 706. The van der Waals surface area contributed by atoms with Gasteiger partial charge in [0.2, 0.25) is 0 Å². The van der Waals surface area contributed by atoms with Gasteiger partial charge >= 0.3 is 0 Å². The van der Waals surface area contributed by atoms with E-state index in [1.807, 2.05) is 0 Å². The first kappa shape index (κ1) is 13.1. The van der Waals surface area contributed by atoms with Crippen molar-refractivity contribution in [2.24, 2.45) is 0 Å². The summed E-state index contributed by atoms with van der Waals surface area (Å²) in [6, 6.07) is 0. The first-order valence-electron chi connectivity index (χ1n) is 5.77. The summed E-state index contributed by atoms with van der Waals surface area (Å²) in [7, 11) is 5.79. The van der Waals surface area contributed by atoms with E-state index in [2.05, 4.69) is 32.8 Å². The second-order valence-electron chi connectivity index (χ2n) is 4.17. The molecule has 2 aromatic heterocycles. The molecule has 0 aliphatic heterocycles. The Balaban J connectivity index is 2.88. The van der Waals surface area contributed by atoms with E-state index >= 15 is 0 Å². The number of rotatable bonds is 3. The van der Waals surface area contributed by atoms with Gasteiger partial charge in [-0.2, -0.15) is 0 Å². The Labute approximate surface area is 113 Å². The molecule has 0 bridgehead atoms. The van der Waals surface area contributed by atoms with Crippen molar-refractivity contribution in [3.8, 4) is 0 Å². The molecule has 2 rings (SSSR count). The molecule has 0 atom stereocenters. The van der Waals surface area contributed by atoms with Gasteiger partial charge in [0, 0.05) is 5.52 Å². The highest BCUT2D eigenvalue weighted by Gasteiger charge is 2.13. The van der Waals surface area contributed by atoms with Gasteiger partial charge in [0.05, 0.1) is 9.86 Å². The van der Waals surface area contributed by atoms with Crippen LogP contribution in [0.3, 0.4) is 0 Å². The van der Waals surface area contributed by atoms with Crippen molar-refractivity contribution in [2.75, 3.05) is 0 Å². The Hall–Kier alpha value is -1.30. The Kier molecular flexibility index (Phi) is 3.75. The molecule has 2 N–H and O–H groups in total. The number of hydrogen-bond donors (Lipinski definition) is 2. The van der Waals surface area contributed by atoms with E-state index in [4.69, 9.17) is 7.85 Å². The van der Waals surface area contributed by atoms with E-state index in [-0.39, 0.29) is 11.1 Å². The number of hydrogen-bond acceptors (Lipinski definition) is 2. The van der Waals surface area contributed by atoms with Gasteiger partial charge in [-0.15, -0.1) is 0 Å². The smallest absolute Gasteiger partial charge is 0.263 e. The minimum atomic E-state index is -0.258. The first-order valence-corrected chi connectivity index (χ1v) is 6.57. The lowest BCUT2D eigenvalue weighted by Gasteiger charge is -2.09. The Morgan fingerprint density at radius 3 is 2.72 bits per heavy atom. The third kappa shape index (κ3) is 2.17. The minimum Gasteiger partial charge on any atom is -0.329 e. The number of unbranched alkanes of at least 4 members (excludes halogenated alkanes) is 1. The lowest BCUT2D eigenvalue weighted by atomic mass is 9.93. The molecule has 92 valence electrons. The van der Waals surface area contributed by atoms with E-state index in [9.17, 15) is 9.59 Å². The van der Waals surface area contributed by atoms with E-state index in [0.717, 1.165) is 18.4 Å². The van der Waals surface area contributed by atoms with Crippen molar-refractivity contribution < 1.29 is 0 Å². The molecule has 0 fully saturated rings. The van der Waals surface area contributed by atoms with Crippen molar-refractivity contribution in [3.63, 3.8) is 0 Å². The largest absolute Gasteiger partial charge is 0.329 e. The summed E-state index contributed by atoms with van der Waals surface area (Å²) in [5, 5.41) is 0.468. The van der Waals surface area contributed by atoms with E-state index in [0.29, 0.717) is 27.3 Å². The highest BCUT2D eigenvalue weighted by molar-refractivity contribution is 9.10. The molecule has 0 aliphatic rings. The van der Waals surface area contributed by atoms with Crippen LogP contribution in [0.25, 0.3) is 10.9 Å². The van der Waals surface area contributed by atoms with Gasteiger partial charge in [-0.3, -0.25) is 9.59 Å². The van der Waals surface area contributed by atoms with Crippen molar-refractivity contribution in [2.45, 2.75) is 26.2 Å². The number of fused-ring (bicyclic) bond motifs is 1. The van der Waals surface area contributed by atoms with Crippen LogP contribution in [-0.2, 0) is 6.42 Å². The van der Waals surface area contributed by atoms with Gasteiger partial charge in [0.25, 0.3) is 11.1 Å². The van der Waals surface area contributed by atoms with Crippen LogP contribution in [0.5, 0.6) is 0 Å². The number of aryl methyl sites for hydroxylation is 1. The Morgan fingerprint density at radius 1 is 1.33 bits per heavy atom. The predicted molar refractivity (Wildman–Crippen MR) is 76.9 cm³/mol. The third-order valence-corrected chi connectivity index (χ3v) is 3.75. The van der Waals surface area contributed by atoms with Crippen LogP contribution >= 0.6 is 15.9 Å². The molecule has 6 heteroatoms. The molecule has 0 unspecified atom stereocenters. The summed E-state index contributed by atoms with van der Waals surface area (Å²) in [6.45, 7) is 2.06. The number of halogens is 1. The minimum absolute atomic E-state index is 0.234. The van der Waals surface area contributed by atoms with E-state index in [1.165, 1.54) is 6.20 Å². The molecule has 0 saturated heterocycles. The monoisotopic (exact) mass is 306 g/mol. The summed E-state index contributed by atoms with van der Waals surface area (Å²) in [5.41, 5.74) is 1.02. The molecular formula is C12H12BBrN2O2. The van der Waals surface area contributed by atoms with Crippen LogP contribution in [0.15, 0.2) is 20.3 Å². The standard InChI is InChI=1S/C12H12BBrN2O2/c1-2-3-4-6-8-10(16-12(18)9(6)14)7(13)5-15-11(8)17/h5H,2-4H2,1H3,(H,15,17)(H,16,18). The molecular weight excluding hydrogens is 295 g/mol. The highest BCUT2D eigenvalue weighted by Crippen LogP contribution is 2.20. The fourth-order valence-electron chi connectivity index (χ4n) is 1.97.